The van der Waals surface area contributed by atoms with Crippen LogP contribution in [-0.4, -0.2) is 14.0 Å². The van der Waals surface area contributed by atoms with E-state index in [0.29, 0.717) is 0 Å². The topological polar surface area (TPSA) is 45.4 Å². The van der Waals surface area contributed by atoms with E-state index in [1.807, 2.05) is 18.2 Å². The van der Waals surface area contributed by atoms with E-state index in [2.05, 4.69) is 78.9 Å². The molecule has 29 heavy (non-hydrogen) atoms. The van der Waals surface area contributed by atoms with Crippen molar-refractivity contribution >= 4 is 29.6 Å². The van der Waals surface area contributed by atoms with Gasteiger partial charge in [0, 0.05) is 0 Å². The number of benzene rings is 3. The van der Waals surface area contributed by atoms with Gasteiger partial charge in [0.1, 0.15) is 0 Å². The Morgan fingerprint density at radius 1 is 0.759 bits per heavy atom. The smallest absolute Gasteiger partial charge is 0.380 e. The highest BCUT2D eigenvalue weighted by atomic mass is 28.4. The molecule has 1 fully saturated rings. The van der Waals surface area contributed by atoms with Crippen LogP contribution in [0.5, 0.6) is 0 Å². The molecule has 0 spiro atoms. The molecule has 0 bridgehead atoms. The van der Waals surface area contributed by atoms with Crippen LogP contribution in [0.4, 0.5) is 0 Å². The standard InChI is InChI=1S/C25H24N2OSi/c26-20-21-12-10-11-19-25(21)27-28-29(22-13-4-1-5-14-22,23-15-6-2-7-16-23)24-17-8-3-9-18-24/h1-9,13-18,21H,10-12,19H2/b27-25-. The van der Waals surface area contributed by atoms with Crippen LogP contribution in [0, 0.1) is 17.2 Å². The summed E-state index contributed by atoms with van der Waals surface area (Å²) >= 11 is 0. The van der Waals surface area contributed by atoms with Crippen molar-refractivity contribution in [1.29, 1.82) is 5.26 Å². The molecule has 1 saturated carbocycles. The van der Waals surface area contributed by atoms with E-state index < -0.39 is 8.32 Å². The second-order valence-corrected chi connectivity index (χ2v) is 10.7. The lowest BCUT2D eigenvalue weighted by molar-refractivity contribution is 0.341. The van der Waals surface area contributed by atoms with Gasteiger partial charge in [-0.05, 0) is 34.8 Å². The fraction of sp³-hybridized carbons (Fsp3) is 0.200. The maximum absolute atomic E-state index is 9.57. The summed E-state index contributed by atoms with van der Waals surface area (Å²) in [5.41, 5.74) is 0.887. The first-order valence-corrected chi connectivity index (χ1v) is 12.1. The summed E-state index contributed by atoms with van der Waals surface area (Å²) in [5.74, 6) is -0.141. The molecule has 0 N–H and O–H groups in total. The normalized spacial score (nSPS) is 18.2. The molecule has 0 heterocycles. The summed E-state index contributed by atoms with van der Waals surface area (Å²) in [4.78, 5) is 0. The van der Waals surface area contributed by atoms with E-state index in [1.165, 1.54) is 0 Å². The van der Waals surface area contributed by atoms with Gasteiger partial charge in [0.2, 0.25) is 0 Å². The average molecular weight is 397 g/mol. The second-order valence-electron chi connectivity index (χ2n) is 7.38. The molecule has 4 heteroatoms. The minimum Gasteiger partial charge on any atom is -0.438 e. The molecule has 144 valence electrons. The Labute approximate surface area is 173 Å². The third-order valence-electron chi connectivity index (χ3n) is 5.57. The quantitative estimate of drug-likeness (QED) is 0.375. The minimum absolute atomic E-state index is 0.141. The monoisotopic (exact) mass is 396 g/mol. The predicted molar refractivity (Wildman–Crippen MR) is 120 cm³/mol. The Morgan fingerprint density at radius 2 is 1.24 bits per heavy atom. The fourth-order valence-electron chi connectivity index (χ4n) is 4.05. The lowest BCUT2D eigenvalue weighted by atomic mass is 9.88. The number of nitrogens with zero attached hydrogens (tertiary/aromatic N) is 2. The number of nitriles is 1. The third kappa shape index (κ3) is 3.87. The third-order valence-corrected chi connectivity index (χ3v) is 9.38. The van der Waals surface area contributed by atoms with Gasteiger partial charge < -0.3 is 4.53 Å². The van der Waals surface area contributed by atoms with Crippen molar-refractivity contribution in [1.82, 2.24) is 0 Å². The lowest BCUT2D eigenvalue weighted by Gasteiger charge is -2.31. The van der Waals surface area contributed by atoms with E-state index in [0.717, 1.165) is 47.0 Å². The average Bonchev–Trinajstić information content (AvgIpc) is 2.82. The van der Waals surface area contributed by atoms with Crippen molar-refractivity contribution in [2.75, 3.05) is 0 Å². The molecule has 0 radical (unpaired) electrons. The van der Waals surface area contributed by atoms with E-state index in [4.69, 9.17) is 9.68 Å². The molecule has 0 aliphatic heterocycles. The molecule has 1 aliphatic carbocycles. The van der Waals surface area contributed by atoms with E-state index in [-0.39, 0.29) is 5.92 Å². The number of oxime groups is 1. The molecule has 3 aromatic carbocycles. The highest BCUT2D eigenvalue weighted by Crippen LogP contribution is 2.22. The number of hydrogen-bond acceptors (Lipinski definition) is 3. The van der Waals surface area contributed by atoms with Gasteiger partial charge in [-0.25, -0.2) is 0 Å². The number of rotatable bonds is 5. The van der Waals surface area contributed by atoms with Crippen LogP contribution in [0.15, 0.2) is 96.2 Å². The maximum atomic E-state index is 9.57. The van der Waals surface area contributed by atoms with Crippen molar-refractivity contribution in [3.05, 3.63) is 91.0 Å². The largest absolute Gasteiger partial charge is 0.438 e. The van der Waals surface area contributed by atoms with Crippen LogP contribution in [0.25, 0.3) is 0 Å². The minimum atomic E-state index is -2.85. The maximum Gasteiger partial charge on any atom is 0.380 e. The van der Waals surface area contributed by atoms with Crippen molar-refractivity contribution in [2.24, 2.45) is 11.1 Å². The molecular formula is C25H24N2OSi. The van der Waals surface area contributed by atoms with Crippen LogP contribution in [0.3, 0.4) is 0 Å². The molecule has 1 unspecified atom stereocenters. The fourth-order valence-corrected chi connectivity index (χ4v) is 7.60. The first-order valence-electron chi connectivity index (χ1n) is 10.2. The zero-order valence-electron chi connectivity index (χ0n) is 16.4. The van der Waals surface area contributed by atoms with Crippen LogP contribution < -0.4 is 15.6 Å². The summed E-state index contributed by atoms with van der Waals surface area (Å²) in [6.07, 6.45) is 3.85. The van der Waals surface area contributed by atoms with Crippen LogP contribution in [0.2, 0.25) is 0 Å². The van der Waals surface area contributed by atoms with E-state index >= 15 is 0 Å². The first kappa shape index (κ1) is 19.2. The Morgan fingerprint density at radius 3 is 1.69 bits per heavy atom. The predicted octanol–water partition coefficient (Wildman–Crippen LogP) is 3.74. The zero-order chi connectivity index (χ0) is 19.9. The molecular weight excluding hydrogens is 372 g/mol. The Bertz CT molecular complexity index is 901. The van der Waals surface area contributed by atoms with Crippen molar-refractivity contribution in [3.63, 3.8) is 0 Å². The van der Waals surface area contributed by atoms with Gasteiger partial charge >= 0.3 is 8.32 Å². The Kier molecular flexibility index (Phi) is 5.88. The van der Waals surface area contributed by atoms with Crippen molar-refractivity contribution < 1.29 is 4.53 Å². The van der Waals surface area contributed by atoms with Gasteiger partial charge in [0.05, 0.1) is 17.7 Å². The van der Waals surface area contributed by atoms with Gasteiger partial charge in [-0.2, -0.15) is 5.26 Å². The van der Waals surface area contributed by atoms with Gasteiger partial charge in [0.25, 0.3) is 0 Å². The van der Waals surface area contributed by atoms with Crippen molar-refractivity contribution in [3.8, 4) is 6.07 Å². The summed E-state index contributed by atoms with van der Waals surface area (Å²) in [7, 11) is -2.85. The molecule has 0 amide bonds. The lowest BCUT2D eigenvalue weighted by Crippen LogP contribution is -2.68. The van der Waals surface area contributed by atoms with E-state index in [1.54, 1.807) is 0 Å². The second kappa shape index (κ2) is 8.89. The zero-order valence-corrected chi connectivity index (χ0v) is 17.4. The molecule has 4 rings (SSSR count). The highest BCUT2D eigenvalue weighted by molar-refractivity contribution is 7.07. The van der Waals surface area contributed by atoms with Gasteiger partial charge in [-0.15, -0.1) is 5.16 Å². The molecule has 0 saturated heterocycles. The summed E-state index contributed by atoms with van der Waals surface area (Å²) in [6.45, 7) is 0. The van der Waals surface area contributed by atoms with Crippen molar-refractivity contribution in [2.45, 2.75) is 25.7 Å². The Hall–Kier alpha value is -3.16. The molecule has 3 aromatic rings. The van der Waals surface area contributed by atoms with Gasteiger partial charge in [-0.3, -0.25) is 0 Å². The summed E-state index contributed by atoms with van der Waals surface area (Å²) < 4.78 is 6.64. The SMILES string of the molecule is N#CC1CCCC/C1=N/O[Si](c1ccccc1)(c1ccccc1)c1ccccc1. The highest BCUT2D eigenvalue weighted by Gasteiger charge is 2.45. The number of hydrogen-bond donors (Lipinski definition) is 0. The summed E-state index contributed by atoms with van der Waals surface area (Å²) in [6, 6.07) is 33.6. The summed E-state index contributed by atoms with van der Waals surface area (Å²) in [5, 5.41) is 17.7. The Balaban J connectivity index is 1.90. The molecule has 1 aliphatic rings. The van der Waals surface area contributed by atoms with Gasteiger partial charge in [-0.1, -0.05) is 97.4 Å². The molecule has 1 atom stereocenters. The molecule has 3 nitrogen and oxygen atoms in total. The molecule has 0 aromatic heterocycles. The van der Waals surface area contributed by atoms with Gasteiger partial charge in [0.15, 0.2) is 0 Å². The van der Waals surface area contributed by atoms with Crippen LogP contribution in [-0.2, 0) is 4.53 Å². The first-order chi connectivity index (χ1) is 14.3. The van der Waals surface area contributed by atoms with E-state index in [9.17, 15) is 5.26 Å². The van der Waals surface area contributed by atoms with Crippen LogP contribution >= 0.6 is 0 Å². The van der Waals surface area contributed by atoms with Crippen LogP contribution in [0.1, 0.15) is 25.7 Å².